The molecule has 2 aromatic heterocycles. The number of fused-ring (bicyclic) bond motifs is 1. The van der Waals surface area contributed by atoms with Crippen LogP contribution in [0.2, 0.25) is 0 Å². The number of rotatable bonds is 4. The SMILES string of the molecule is O=C(NCCc1cn2cc(Br)ccc2n1)NC1CCCCC1. The van der Waals surface area contributed by atoms with Crippen molar-refractivity contribution in [3.05, 3.63) is 34.7 Å². The molecule has 22 heavy (non-hydrogen) atoms. The Hall–Kier alpha value is -1.56. The summed E-state index contributed by atoms with van der Waals surface area (Å²) in [6, 6.07) is 4.23. The Morgan fingerprint density at radius 1 is 1.27 bits per heavy atom. The third-order valence-corrected chi connectivity index (χ3v) is 4.54. The molecule has 1 saturated carbocycles. The first-order valence-electron chi connectivity index (χ1n) is 7.88. The number of urea groups is 1. The molecular weight excluding hydrogens is 344 g/mol. The van der Waals surface area contributed by atoms with Crippen molar-refractivity contribution in [2.75, 3.05) is 6.54 Å². The van der Waals surface area contributed by atoms with Crippen molar-refractivity contribution in [1.82, 2.24) is 20.0 Å². The lowest BCUT2D eigenvalue weighted by Gasteiger charge is -2.22. The van der Waals surface area contributed by atoms with Gasteiger partial charge in [-0.2, -0.15) is 0 Å². The summed E-state index contributed by atoms with van der Waals surface area (Å²) in [5.41, 5.74) is 1.90. The molecular formula is C16H21BrN4O. The quantitative estimate of drug-likeness (QED) is 0.874. The molecule has 2 aromatic rings. The zero-order chi connectivity index (χ0) is 15.4. The molecule has 0 spiro atoms. The van der Waals surface area contributed by atoms with Crippen LogP contribution in [0.25, 0.3) is 5.65 Å². The number of halogens is 1. The molecule has 1 fully saturated rings. The number of carbonyl (C=O) groups excluding carboxylic acids is 1. The zero-order valence-corrected chi connectivity index (χ0v) is 14.1. The van der Waals surface area contributed by atoms with Gasteiger partial charge in [0.2, 0.25) is 0 Å². The van der Waals surface area contributed by atoms with E-state index in [0.29, 0.717) is 12.6 Å². The molecule has 0 saturated heterocycles. The van der Waals surface area contributed by atoms with Crippen LogP contribution in [0, 0.1) is 0 Å². The van der Waals surface area contributed by atoms with E-state index in [4.69, 9.17) is 0 Å². The Balaban J connectivity index is 1.46. The van der Waals surface area contributed by atoms with E-state index in [-0.39, 0.29) is 6.03 Å². The lowest BCUT2D eigenvalue weighted by Crippen LogP contribution is -2.43. The number of aromatic nitrogens is 2. The number of hydrogen-bond donors (Lipinski definition) is 2. The van der Waals surface area contributed by atoms with Crippen LogP contribution in [0.3, 0.4) is 0 Å². The van der Waals surface area contributed by atoms with Crippen molar-refractivity contribution in [2.24, 2.45) is 0 Å². The Labute approximate surface area is 138 Å². The van der Waals surface area contributed by atoms with Gasteiger partial charge >= 0.3 is 6.03 Å². The van der Waals surface area contributed by atoms with Crippen LogP contribution in [-0.4, -0.2) is 28.0 Å². The summed E-state index contributed by atoms with van der Waals surface area (Å²) in [6.45, 7) is 0.601. The van der Waals surface area contributed by atoms with Gasteiger partial charge in [-0.25, -0.2) is 9.78 Å². The summed E-state index contributed by atoms with van der Waals surface area (Å²) in [4.78, 5) is 16.4. The maximum Gasteiger partial charge on any atom is 0.315 e. The summed E-state index contributed by atoms with van der Waals surface area (Å²) in [5.74, 6) is 0. The fraction of sp³-hybridized carbons (Fsp3) is 0.500. The summed E-state index contributed by atoms with van der Waals surface area (Å²) < 4.78 is 3.01. The highest BCUT2D eigenvalue weighted by Crippen LogP contribution is 2.17. The topological polar surface area (TPSA) is 58.4 Å². The Bertz CT molecular complexity index is 649. The van der Waals surface area contributed by atoms with E-state index in [1.165, 1.54) is 19.3 Å². The summed E-state index contributed by atoms with van der Waals surface area (Å²) >= 11 is 3.45. The van der Waals surface area contributed by atoms with Crippen LogP contribution in [-0.2, 0) is 6.42 Å². The molecule has 3 rings (SSSR count). The molecule has 1 aliphatic rings. The number of carbonyl (C=O) groups is 1. The van der Waals surface area contributed by atoms with Gasteiger partial charge < -0.3 is 15.0 Å². The van der Waals surface area contributed by atoms with Gasteiger partial charge in [0.25, 0.3) is 0 Å². The lowest BCUT2D eigenvalue weighted by molar-refractivity contribution is 0.233. The lowest BCUT2D eigenvalue weighted by atomic mass is 9.96. The van der Waals surface area contributed by atoms with E-state index in [1.807, 2.05) is 28.9 Å². The highest BCUT2D eigenvalue weighted by atomic mass is 79.9. The second-order valence-corrected chi connectivity index (χ2v) is 6.75. The van der Waals surface area contributed by atoms with Gasteiger partial charge in [0, 0.05) is 35.9 Å². The van der Waals surface area contributed by atoms with Gasteiger partial charge in [0.1, 0.15) is 5.65 Å². The predicted octanol–water partition coefficient (Wildman–Crippen LogP) is 3.27. The average molecular weight is 365 g/mol. The smallest absolute Gasteiger partial charge is 0.315 e. The van der Waals surface area contributed by atoms with Crippen LogP contribution in [0.1, 0.15) is 37.8 Å². The summed E-state index contributed by atoms with van der Waals surface area (Å²) in [5, 5.41) is 5.98. The number of amides is 2. The molecule has 0 aromatic carbocycles. The van der Waals surface area contributed by atoms with Crippen molar-refractivity contribution in [3.63, 3.8) is 0 Å². The minimum absolute atomic E-state index is 0.0570. The van der Waals surface area contributed by atoms with Gasteiger partial charge in [-0.3, -0.25) is 0 Å². The standard InChI is InChI=1S/C16H21BrN4O/c17-12-6-7-15-19-14(11-21(15)10-12)8-9-18-16(22)20-13-4-2-1-3-5-13/h6-7,10-11,13H,1-5,8-9H2,(H2,18,20,22). The molecule has 0 atom stereocenters. The van der Waals surface area contributed by atoms with E-state index in [9.17, 15) is 4.79 Å². The molecule has 0 radical (unpaired) electrons. The van der Waals surface area contributed by atoms with E-state index in [2.05, 4.69) is 31.5 Å². The van der Waals surface area contributed by atoms with E-state index >= 15 is 0 Å². The zero-order valence-electron chi connectivity index (χ0n) is 12.5. The molecule has 1 aliphatic carbocycles. The van der Waals surface area contributed by atoms with Gasteiger partial charge in [-0.05, 0) is 40.9 Å². The highest BCUT2D eigenvalue weighted by molar-refractivity contribution is 9.10. The predicted molar refractivity (Wildman–Crippen MR) is 90.0 cm³/mol. The van der Waals surface area contributed by atoms with Crippen LogP contribution < -0.4 is 10.6 Å². The fourth-order valence-electron chi connectivity index (χ4n) is 2.93. The molecule has 2 heterocycles. The van der Waals surface area contributed by atoms with Gasteiger partial charge in [0.15, 0.2) is 0 Å². The fourth-order valence-corrected chi connectivity index (χ4v) is 3.28. The Morgan fingerprint density at radius 2 is 2.09 bits per heavy atom. The number of imidazole rings is 1. The number of hydrogen-bond acceptors (Lipinski definition) is 2. The molecule has 118 valence electrons. The van der Waals surface area contributed by atoms with E-state index < -0.39 is 0 Å². The molecule has 2 amide bonds. The molecule has 6 heteroatoms. The molecule has 0 aliphatic heterocycles. The largest absolute Gasteiger partial charge is 0.338 e. The molecule has 0 unspecified atom stereocenters. The van der Waals surface area contributed by atoms with Crippen molar-refractivity contribution in [1.29, 1.82) is 0 Å². The first-order chi connectivity index (χ1) is 10.7. The monoisotopic (exact) mass is 364 g/mol. The Kier molecular flexibility index (Phi) is 4.97. The van der Waals surface area contributed by atoms with E-state index in [0.717, 1.165) is 35.1 Å². The maximum atomic E-state index is 11.9. The molecule has 0 bridgehead atoms. The normalized spacial score (nSPS) is 15.9. The van der Waals surface area contributed by atoms with Crippen LogP contribution in [0.15, 0.2) is 29.0 Å². The molecule has 5 nitrogen and oxygen atoms in total. The Morgan fingerprint density at radius 3 is 2.91 bits per heavy atom. The van der Waals surface area contributed by atoms with Crippen molar-refractivity contribution < 1.29 is 4.79 Å². The number of pyridine rings is 1. The van der Waals surface area contributed by atoms with Crippen molar-refractivity contribution in [3.8, 4) is 0 Å². The van der Waals surface area contributed by atoms with Crippen LogP contribution in [0.5, 0.6) is 0 Å². The third kappa shape index (κ3) is 4.00. The summed E-state index contributed by atoms with van der Waals surface area (Å²) in [6.07, 6.45) is 10.7. The maximum absolute atomic E-state index is 11.9. The number of nitrogens with one attached hydrogen (secondary N) is 2. The first kappa shape index (κ1) is 15.3. The summed E-state index contributed by atoms with van der Waals surface area (Å²) in [7, 11) is 0. The minimum Gasteiger partial charge on any atom is -0.338 e. The van der Waals surface area contributed by atoms with Crippen LogP contribution >= 0.6 is 15.9 Å². The van der Waals surface area contributed by atoms with Gasteiger partial charge in [-0.1, -0.05) is 19.3 Å². The second-order valence-electron chi connectivity index (χ2n) is 5.83. The third-order valence-electron chi connectivity index (χ3n) is 4.07. The van der Waals surface area contributed by atoms with Crippen LogP contribution in [0.4, 0.5) is 4.79 Å². The first-order valence-corrected chi connectivity index (χ1v) is 8.67. The van der Waals surface area contributed by atoms with Crippen molar-refractivity contribution in [2.45, 2.75) is 44.6 Å². The van der Waals surface area contributed by atoms with E-state index in [1.54, 1.807) is 0 Å². The van der Waals surface area contributed by atoms with Gasteiger partial charge in [0.05, 0.1) is 5.69 Å². The second kappa shape index (κ2) is 7.13. The van der Waals surface area contributed by atoms with Crippen molar-refractivity contribution >= 4 is 27.6 Å². The minimum atomic E-state index is -0.0570. The molecule has 2 N–H and O–H groups in total. The highest BCUT2D eigenvalue weighted by Gasteiger charge is 2.15. The van der Waals surface area contributed by atoms with Gasteiger partial charge in [-0.15, -0.1) is 0 Å². The average Bonchev–Trinajstić information content (AvgIpc) is 2.90. The number of nitrogens with zero attached hydrogens (tertiary/aromatic N) is 2.